The monoisotopic (exact) mass is 717 g/mol. The molecule has 0 amide bonds. The fourth-order valence-electron chi connectivity index (χ4n) is 6.52. The molecule has 262 valence electrons. The van der Waals surface area contributed by atoms with Gasteiger partial charge in [0.2, 0.25) is 0 Å². The van der Waals surface area contributed by atoms with Gasteiger partial charge in [-0.25, -0.2) is 34.7 Å². The lowest BCUT2D eigenvalue weighted by molar-refractivity contribution is 1.07. The van der Waals surface area contributed by atoms with E-state index in [1.807, 2.05) is 133 Å². The van der Waals surface area contributed by atoms with Gasteiger partial charge in [0.05, 0.1) is 6.57 Å². The summed E-state index contributed by atoms with van der Waals surface area (Å²) in [6, 6.07) is 62.2. The molecule has 0 aliphatic rings. The van der Waals surface area contributed by atoms with Crippen molar-refractivity contribution in [1.82, 2.24) is 29.9 Å². The Bertz CT molecular complexity index is 2760. The lowest BCUT2D eigenvalue weighted by Gasteiger charge is -2.11. The van der Waals surface area contributed by atoms with Crippen molar-refractivity contribution in [2.45, 2.75) is 0 Å². The van der Waals surface area contributed by atoms with E-state index < -0.39 is 0 Å². The average Bonchev–Trinajstić information content (AvgIpc) is 3.29. The van der Waals surface area contributed by atoms with Crippen LogP contribution in [-0.4, -0.2) is 29.9 Å². The molecule has 0 unspecified atom stereocenters. The normalized spacial score (nSPS) is 10.8. The van der Waals surface area contributed by atoms with Gasteiger partial charge in [0, 0.05) is 33.4 Å². The highest BCUT2D eigenvalue weighted by Gasteiger charge is 2.16. The molecule has 0 spiro atoms. The molecule has 0 radical (unpaired) electrons. The summed E-state index contributed by atoms with van der Waals surface area (Å²) in [6.45, 7) is 7.78. The van der Waals surface area contributed by atoms with Gasteiger partial charge in [-0.15, -0.1) is 0 Å². The van der Waals surface area contributed by atoms with Crippen LogP contribution in [-0.2, 0) is 0 Å². The Hall–Kier alpha value is -7.95. The number of para-hydroxylation sites is 1. The van der Waals surface area contributed by atoms with E-state index in [4.69, 9.17) is 36.5 Å². The van der Waals surface area contributed by atoms with Crippen LogP contribution in [0.25, 0.3) is 95.4 Å². The maximum Gasteiger partial charge on any atom is 0.198 e. The van der Waals surface area contributed by atoms with E-state index in [2.05, 4.69) is 53.4 Å². The standard InChI is InChI=1S/C49H31N7/c1-50-43-20-12-11-19-42(43)49-55-47(40-27-21-34(22-28-40)33-13-5-2-6-14-33)54-48(56-49)41-31-25-36(26-32-41)35-23-29-39(30-24-35)46-52-44(37-15-7-3-8-16-37)51-45(53-46)38-17-9-4-10-18-38/h2-32H. The molecular formula is C49H31N7. The third kappa shape index (κ3) is 7.06. The lowest BCUT2D eigenvalue weighted by Crippen LogP contribution is -2.00. The van der Waals surface area contributed by atoms with E-state index in [0.29, 0.717) is 46.2 Å². The number of aromatic nitrogens is 6. The van der Waals surface area contributed by atoms with Crippen LogP contribution in [0.5, 0.6) is 0 Å². The average molecular weight is 718 g/mol. The summed E-state index contributed by atoms with van der Waals surface area (Å²) >= 11 is 0. The Morgan fingerprint density at radius 1 is 0.250 bits per heavy atom. The summed E-state index contributed by atoms with van der Waals surface area (Å²) in [5.41, 5.74) is 9.91. The third-order valence-electron chi connectivity index (χ3n) is 9.47. The molecule has 2 aromatic heterocycles. The molecule has 7 nitrogen and oxygen atoms in total. The topological polar surface area (TPSA) is 81.7 Å². The van der Waals surface area contributed by atoms with E-state index in [0.717, 1.165) is 50.1 Å². The molecule has 2 heterocycles. The molecule has 0 N–H and O–H groups in total. The van der Waals surface area contributed by atoms with Gasteiger partial charge in [0.15, 0.2) is 40.6 Å². The first-order valence-electron chi connectivity index (χ1n) is 18.2. The van der Waals surface area contributed by atoms with Gasteiger partial charge < -0.3 is 0 Å². The molecule has 56 heavy (non-hydrogen) atoms. The Morgan fingerprint density at radius 2 is 0.500 bits per heavy atom. The van der Waals surface area contributed by atoms with E-state index in [1.54, 1.807) is 6.07 Å². The molecule has 0 fully saturated rings. The number of nitrogens with zero attached hydrogens (tertiary/aromatic N) is 7. The minimum absolute atomic E-state index is 0.451. The van der Waals surface area contributed by atoms with Crippen LogP contribution in [0.2, 0.25) is 0 Å². The zero-order chi connectivity index (χ0) is 37.7. The largest absolute Gasteiger partial charge is 0.237 e. The Kier molecular flexibility index (Phi) is 9.18. The second-order valence-corrected chi connectivity index (χ2v) is 13.1. The van der Waals surface area contributed by atoms with Gasteiger partial charge in [-0.05, 0) is 22.3 Å². The van der Waals surface area contributed by atoms with Crippen molar-refractivity contribution in [2.24, 2.45) is 0 Å². The van der Waals surface area contributed by atoms with Crippen molar-refractivity contribution < 1.29 is 0 Å². The van der Waals surface area contributed by atoms with Crippen molar-refractivity contribution in [3.8, 4) is 90.6 Å². The fraction of sp³-hybridized carbons (Fsp3) is 0. The minimum atomic E-state index is 0.451. The van der Waals surface area contributed by atoms with Gasteiger partial charge in [-0.1, -0.05) is 188 Å². The van der Waals surface area contributed by atoms with E-state index in [-0.39, 0.29) is 0 Å². The van der Waals surface area contributed by atoms with Gasteiger partial charge in [-0.3, -0.25) is 0 Å². The summed E-state index contributed by atoms with van der Waals surface area (Å²) in [6.07, 6.45) is 0. The number of hydrogen-bond acceptors (Lipinski definition) is 6. The summed E-state index contributed by atoms with van der Waals surface area (Å²) in [4.78, 5) is 33.0. The summed E-state index contributed by atoms with van der Waals surface area (Å²) in [5.74, 6) is 3.37. The predicted octanol–water partition coefficient (Wildman–Crippen LogP) is 11.9. The predicted molar refractivity (Wildman–Crippen MR) is 223 cm³/mol. The number of benzene rings is 7. The molecule has 0 saturated heterocycles. The first-order valence-corrected chi connectivity index (χ1v) is 18.2. The van der Waals surface area contributed by atoms with E-state index in [1.165, 1.54) is 0 Å². The maximum absolute atomic E-state index is 7.78. The zero-order valence-electron chi connectivity index (χ0n) is 30.0. The van der Waals surface area contributed by atoms with Gasteiger partial charge in [0.25, 0.3) is 0 Å². The molecule has 9 aromatic rings. The van der Waals surface area contributed by atoms with Crippen LogP contribution in [0.1, 0.15) is 0 Å². The quantitative estimate of drug-likeness (QED) is 0.146. The molecule has 7 heteroatoms. The van der Waals surface area contributed by atoms with Crippen LogP contribution in [0.3, 0.4) is 0 Å². The maximum atomic E-state index is 7.78. The Morgan fingerprint density at radius 3 is 0.857 bits per heavy atom. The highest BCUT2D eigenvalue weighted by molar-refractivity contribution is 5.78. The van der Waals surface area contributed by atoms with Crippen molar-refractivity contribution in [3.05, 3.63) is 199 Å². The molecule has 7 aromatic carbocycles. The van der Waals surface area contributed by atoms with Crippen LogP contribution < -0.4 is 0 Å². The highest BCUT2D eigenvalue weighted by atomic mass is 15.0. The second kappa shape index (κ2) is 15.2. The van der Waals surface area contributed by atoms with Crippen molar-refractivity contribution in [1.29, 1.82) is 0 Å². The van der Waals surface area contributed by atoms with Crippen LogP contribution in [0, 0.1) is 6.57 Å². The third-order valence-corrected chi connectivity index (χ3v) is 9.47. The van der Waals surface area contributed by atoms with Gasteiger partial charge >= 0.3 is 0 Å². The minimum Gasteiger partial charge on any atom is -0.237 e. The Balaban J connectivity index is 1.04. The molecule has 0 aliphatic heterocycles. The first-order chi connectivity index (χ1) is 27.7. The highest BCUT2D eigenvalue weighted by Crippen LogP contribution is 2.33. The van der Waals surface area contributed by atoms with Gasteiger partial charge in [0.1, 0.15) is 0 Å². The van der Waals surface area contributed by atoms with Crippen LogP contribution in [0.4, 0.5) is 5.69 Å². The SMILES string of the molecule is [C-]#[N+]c1ccccc1-c1nc(-c2ccc(-c3ccccc3)cc2)nc(-c2ccc(-c3ccc(-c4nc(-c5ccccc5)nc(-c5ccccc5)n4)cc3)cc2)n1. The number of hydrogen-bond donors (Lipinski definition) is 0. The van der Waals surface area contributed by atoms with Gasteiger partial charge in [-0.2, -0.15) is 0 Å². The smallest absolute Gasteiger partial charge is 0.198 e. The fourth-order valence-corrected chi connectivity index (χ4v) is 6.52. The van der Waals surface area contributed by atoms with Crippen molar-refractivity contribution in [3.63, 3.8) is 0 Å². The summed E-state index contributed by atoms with van der Waals surface area (Å²) in [5, 5.41) is 0. The molecule has 0 aliphatic carbocycles. The molecule has 9 rings (SSSR count). The van der Waals surface area contributed by atoms with Crippen LogP contribution in [0.15, 0.2) is 188 Å². The summed E-state index contributed by atoms with van der Waals surface area (Å²) < 4.78 is 0. The summed E-state index contributed by atoms with van der Waals surface area (Å²) in [7, 11) is 0. The number of rotatable bonds is 8. The van der Waals surface area contributed by atoms with Crippen molar-refractivity contribution >= 4 is 5.69 Å². The van der Waals surface area contributed by atoms with Crippen LogP contribution >= 0.6 is 0 Å². The zero-order valence-corrected chi connectivity index (χ0v) is 30.0. The second-order valence-electron chi connectivity index (χ2n) is 13.1. The van der Waals surface area contributed by atoms with Crippen molar-refractivity contribution in [2.75, 3.05) is 0 Å². The first kappa shape index (κ1) is 33.9. The molecular weight excluding hydrogens is 687 g/mol. The van der Waals surface area contributed by atoms with E-state index >= 15 is 0 Å². The van der Waals surface area contributed by atoms with E-state index in [9.17, 15) is 0 Å². The molecule has 0 bridgehead atoms. The Labute approximate surface area is 324 Å². The lowest BCUT2D eigenvalue weighted by atomic mass is 10.0. The molecule has 0 saturated carbocycles. The molecule has 0 atom stereocenters.